The van der Waals surface area contributed by atoms with Gasteiger partial charge >= 0.3 is 0 Å². The van der Waals surface area contributed by atoms with Gasteiger partial charge in [-0.25, -0.2) is 0 Å². The fourth-order valence-electron chi connectivity index (χ4n) is 3.57. The SMILES string of the molecule is CCNC(=O)CN1CCN(C(=O)CCC2CCCCC2)CC1. The van der Waals surface area contributed by atoms with E-state index in [2.05, 4.69) is 10.2 Å². The molecule has 1 heterocycles. The minimum atomic E-state index is 0.0829. The Kier molecular flexibility index (Phi) is 7.16. The number of carbonyl (C=O) groups is 2. The molecule has 5 nitrogen and oxygen atoms in total. The van der Waals surface area contributed by atoms with Crippen LogP contribution in [0, 0.1) is 5.92 Å². The average molecular weight is 309 g/mol. The van der Waals surface area contributed by atoms with Crippen molar-refractivity contribution in [2.45, 2.75) is 51.9 Å². The van der Waals surface area contributed by atoms with Crippen molar-refractivity contribution in [2.24, 2.45) is 5.92 Å². The molecule has 0 radical (unpaired) electrons. The van der Waals surface area contributed by atoms with E-state index in [1.165, 1.54) is 32.1 Å². The Labute approximate surface area is 134 Å². The second kappa shape index (κ2) is 9.13. The van der Waals surface area contributed by atoms with Crippen LogP contribution in [0.4, 0.5) is 0 Å². The minimum absolute atomic E-state index is 0.0829. The van der Waals surface area contributed by atoms with Crippen LogP contribution < -0.4 is 5.32 Å². The van der Waals surface area contributed by atoms with Crippen LogP contribution >= 0.6 is 0 Å². The molecule has 1 saturated heterocycles. The van der Waals surface area contributed by atoms with Gasteiger partial charge in [-0.3, -0.25) is 14.5 Å². The molecule has 0 bridgehead atoms. The minimum Gasteiger partial charge on any atom is -0.355 e. The van der Waals surface area contributed by atoms with Crippen molar-refractivity contribution >= 4 is 11.8 Å². The van der Waals surface area contributed by atoms with Crippen molar-refractivity contribution in [3.05, 3.63) is 0 Å². The van der Waals surface area contributed by atoms with Gasteiger partial charge in [-0.05, 0) is 19.3 Å². The summed E-state index contributed by atoms with van der Waals surface area (Å²) in [6, 6.07) is 0. The third-order valence-corrected chi connectivity index (χ3v) is 4.96. The number of piperazine rings is 1. The number of nitrogens with zero attached hydrogens (tertiary/aromatic N) is 2. The van der Waals surface area contributed by atoms with E-state index in [1.54, 1.807) is 0 Å². The maximum Gasteiger partial charge on any atom is 0.234 e. The van der Waals surface area contributed by atoms with Crippen LogP contribution in [-0.4, -0.2) is 60.9 Å². The van der Waals surface area contributed by atoms with Gasteiger partial charge in [-0.15, -0.1) is 0 Å². The molecule has 5 heteroatoms. The number of amides is 2. The molecular weight excluding hydrogens is 278 g/mol. The first kappa shape index (κ1) is 17.3. The van der Waals surface area contributed by atoms with E-state index < -0.39 is 0 Å². The lowest BCUT2D eigenvalue weighted by molar-refractivity contribution is -0.133. The normalized spacial score (nSPS) is 20.9. The molecule has 0 atom stereocenters. The summed E-state index contributed by atoms with van der Waals surface area (Å²) >= 11 is 0. The summed E-state index contributed by atoms with van der Waals surface area (Å²) in [6.07, 6.45) is 8.47. The topological polar surface area (TPSA) is 52.7 Å². The van der Waals surface area contributed by atoms with Gasteiger partial charge in [-0.2, -0.15) is 0 Å². The van der Waals surface area contributed by atoms with Crippen molar-refractivity contribution in [1.82, 2.24) is 15.1 Å². The van der Waals surface area contributed by atoms with Gasteiger partial charge in [0, 0.05) is 39.1 Å². The van der Waals surface area contributed by atoms with Gasteiger partial charge in [0.05, 0.1) is 6.54 Å². The molecule has 1 saturated carbocycles. The molecule has 0 aromatic rings. The molecule has 1 N–H and O–H groups in total. The second-order valence-corrected chi connectivity index (χ2v) is 6.65. The van der Waals surface area contributed by atoms with Gasteiger partial charge in [0.2, 0.25) is 11.8 Å². The van der Waals surface area contributed by atoms with E-state index in [0.717, 1.165) is 38.5 Å². The van der Waals surface area contributed by atoms with Crippen molar-refractivity contribution in [1.29, 1.82) is 0 Å². The van der Waals surface area contributed by atoms with Crippen LogP contribution in [0.15, 0.2) is 0 Å². The standard InChI is InChI=1S/C17H31N3O2/c1-2-18-16(21)14-19-10-12-20(13-11-19)17(22)9-8-15-6-4-3-5-7-15/h15H,2-14H2,1H3,(H,18,21). The molecule has 0 aromatic carbocycles. The second-order valence-electron chi connectivity index (χ2n) is 6.65. The van der Waals surface area contributed by atoms with Crippen LogP contribution in [0.5, 0.6) is 0 Å². The van der Waals surface area contributed by atoms with Gasteiger partial charge in [0.1, 0.15) is 0 Å². The highest BCUT2D eigenvalue weighted by molar-refractivity contribution is 5.78. The first-order valence-corrected chi connectivity index (χ1v) is 8.96. The van der Waals surface area contributed by atoms with Crippen LogP contribution in [-0.2, 0) is 9.59 Å². The summed E-state index contributed by atoms with van der Waals surface area (Å²) in [7, 11) is 0. The Bertz CT molecular complexity index is 359. The molecule has 2 aliphatic rings. The Morgan fingerprint density at radius 3 is 2.36 bits per heavy atom. The highest BCUT2D eigenvalue weighted by Gasteiger charge is 2.23. The molecule has 0 aromatic heterocycles. The maximum absolute atomic E-state index is 12.3. The third-order valence-electron chi connectivity index (χ3n) is 4.96. The van der Waals surface area contributed by atoms with E-state index in [1.807, 2.05) is 11.8 Å². The number of likely N-dealkylation sites (N-methyl/N-ethyl adjacent to an activating group) is 1. The molecular formula is C17H31N3O2. The number of nitrogens with one attached hydrogen (secondary N) is 1. The van der Waals surface area contributed by atoms with Crippen molar-refractivity contribution in [2.75, 3.05) is 39.3 Å². The molecule has 1 aliphatic heterocycles. The zero-order valence-corrected chi connectivity index (χ0v) is 14.0. The summed E-state index contributed by atoms with van der Waals surface area (Å²) in [5.74, 6) is 1.17. The molecule has 22 heavy (non-hydrogen) atoms. The first-order valence-electron chi connectivity index (χ1n) is 8.96. The number of hydrogen-bond donors (Lipinski definition) is 1. The van der Waals surface area contributed by atoms with E-state index in [0.29, 0.717) is 25.4 Å². The molecule has 2 fully saturated rings. The lowest BCUT2D eigenvalue weighted by Crippen LogP contribution is -2.51. The molecule has 2 rings (SSSR count). The fraction of sp³-hybridized carbons (Fsp3) is 0.882. The summed E-state index contributed by atoms with van der Waals surface area (Å²) in [5.41, 5.74) is 0. The van der Waals surface area contributed by atoms with E-state index in [-0.39, 0.29) is 5.91 Å². The van der Waals surface area contributed by atoms with Gasteiger partial charge in [-0.1, -0.05) is 32.1 Å². The number of hydrogen-bond acceptors (Lipinski definition) is 3. The Morgan fingerprint density at radius 1 is 1.05 bits per heavy atom. The lowest BCUT2D eigenvalue weighted by Gasteiger charge is -2.34. The highest BCUT2D eigenvalue weighted by Crippen LogP contribution is 2.27. The van der Waals surface area contributed by atoms with Crippen LogP contribution in [0.25, 0.3) is 0 Å². The van der Waals surface area contributed by atoms with Crippen LogP contribution in [0.2, 0.25) is 0 Å². The fourth-order valence-corrected chi connectivity index (χ4v) is 3.57. The van der Waals surface area contributed by atoms with Crippen LogP contribution in [0.3, 0.4) is 0 Å². The molecule has 0 spiro atoms. The molecule has 0 unspecified atom stereocenters. The predicted octanol–water partition coefficient (Wildman–Crippen LogP) is 1.63. The molecule has 2 amide bonds. The summed E-state index contributed by atoms with van der Waals surface area (Å²) in [4.78, 5) is 28.0. The van der Waals surface area contributed by atoms with Crippen molar-refractivity contribution in [3.63, 3.8) is 0 Å². The molecule has 1 aliphatic carbocycles. The van der Waals surface area contributed by atoms with Gasteiger partial charge in [0.25, 0.3) is 0 Å². The Morgan fingerprint density at radius 2 is 1.73 bits per heavy atom. The van der Waals surface area contributed by atoms with Crippen molar-refractivity contribution < 1.29 is 9.59 Å². The summed E-state index contributed by atoms with van der Waals surface area (Å²) < 4.78 is 0. The van der Waals surface area contributed by atoms with E-state index in [4.69, 9.17) is 0 Å². The molecule has 126 valence electrons. The van der Waals surface area contributed by atoms with E-state index in [9.17, 15) is 9.59 Å². The average Bonchev–Trinajstić information content (AvgIpc) is 2.54. The maximum atomic E-state index is 12.3. The Balaban J connectivity index is 1.63. The largest absolute Gasteiger partial charge is 0.355 e. The summed E-state index contributed by atoms with van der Waals surface area (Å²) in [5, 5.41) is 2.82. The lowest BCUT2D eigenvalue weighted by atomic mass is 9.86. The zero-order valence-electron chi connectivity index (χ0n) is 14.0. The number of carbonyl (C=O) groups excluding carboxylic acids is 2. The van der Waals surface area contributed by atoms with Gasteiger partial charge < -0.3 is 10.2 Å². The monoisotopic (exact) mass is 309 g/mol. The van der Waals surface area contributed by atoms with Crippen molar-refractivity contribution in [3.8, 4) is 0 Å². The highest BCUT2D eigenvalue weighted by atomic mass is 16.2. The number of rotatable bonds is 6. The third kappa shape index (κ3) is 5.59. The zero-order chi connectivity index (χ0) is 15.8. The predicted molar refractivity (Wildman–Crippen MR) is 87.5 cm³/mol. The Hall–Kier alpha value is -1.10. The smallest absolute Gasteiger partial charge is 0.234 e. The quantitative estimate of drug-likeness (QED) is 0.811. The van der Waals surface area contributed by atoms with Gasteiger partial charge in [0.15, 0.2) is 0 Å². The summed E-state index contributed by atoms with van der Waals surface area (Å²) in [6.45, 7) is 6.22. The van der Waals surface area contributed by atoms with Crippen LogP contribution in [0.1, 0.15) is 51.9 Å². The van der Waals surface area contributed by atoms with E-state index >= 15 is 0 Å². The first-order chi connectivity index (χ1) is 10.7.